The lowest BCUT2D eigenvalue weighted by atomic mass is 10.1. The minimum Gasteiger partial charge on any atom is -0.361 e. The lowest BCUT2D eigenvalue weighted by molar-refractivity contribution is 0.436. The van der Waals surface area contributed by atoms with Crippen LogP contribution in [0.15, 0.2) is 35.5 Å². The van der Waals surface area contributed by atoms with Crippen molar-refractivity contribution in [1.29, 1.82) is 0 Å². The van der Waals surface area contributed by atoms with Gasteiger partial charge in [-0.25, -0.2) is 4.39 Å². The zero-order valence-corrected chi connectivity index (χ0v) is 19.8. The molecular weight excluding hydrogens is 482 g/mol. The Bertz CT molecular complexity index is 961. The molecule has 0 aliphatic rings. The van der Waals surface area contributed by atoms with Crippen LogP contribution in [-0.2, 0) is 13.0 Å². The van der Waals surface area contributed by atoms with Crippen molar-refractivity contribution < 1.29 is 4.39 Å². The van der Waals surface area contributed by atoms with Gasteiger partial charge in [0, 0.05) is 49.5 Å². The van der Waals surface area contributed by atoms with Gasteiger partial charge in [0.25, 0.3) is 0 Å². The Morgan fingerprint density at radius 3 is 2.76 bits per heavy atom. The molecule has 0 amide bonds. The van der Waals surface area contributed by atoms with Gasteiger partial charge >= 0.3 is 0 Å². The van der Waals surface area contributed by atoms with Crippen molar-refractivity contribution >= 4 is 40.8 Å². The molecule has 0 bridgehead atoms. The summed E-state index contributed by atoms with van der Waals surface area (Å²) < 4.78 is 15.4. The van der Waals surface area contributed by atoms with Crippen molar-refractivity contribution in [3.05, 3.63) is 53.2 Å². The Kier molecular flexibility index (Phi) is 8.48. The molecule has 1 aromatic carbocycles. The largest absolute Gasteiger partial charge is 0.361 e. The Balaban J connectivity index is 0.00000300. The highest BCUT2D eigenvalue weighted by Crippen LogP contribution is 2.19. The van der Waals surface area contributed by atoms with Crippen molar-refractivity contribution in [2.75, 3.05) is 20.1 Å². The third kappa shape index (κ3) is 6.19. The number of guanidine groups is 1. The first-order chi connectivity index (χ1) is 13.5. The molecule has 0 saturated heterocycles. The highest BCUT2D eigenvalue weighted by atomic mass is 127. The molecule has 8 heteroatoms. The first-order valence-electron chi connectivity index (χ1n) is 9.67. The number of hydrogen-bond donors (Lipinski definition) is 3. The van der Waals surface area contributed by atoms with E-state index >= 15 is 0 Å². The number of nitrogens with zero attached hydrogens (tertiary/aromatic N) is 3. The number of benzene rings is 1. The van der Waals surface area contributed by atoms with Crippen LogP contribution in [0.2, 0.25) is 0 Å². The fraction of sp³-hybridized carbons (Fsp3) is 0.429. The number of aryl methyl sites for hydroxylation is 2. The van der Waals surface area contributed by atoms with Crippen LogP contribution < -0.4 is 10.6 Å². The van der Waals surface area contributed by atoms with Crippen molar-refractivity contribution in [2.24, 2.45) is 10.9 Å². The highest BCUT2D eigenvalue weighted by Gasteiger charge is 2.09. The average Bonchev–Trinajstić information content (AvgIpc) is 3.19. The first kappa shape index (κ1) is 23.2. The maximum absolute atomic E-state index is 13.3. The highest BCUT2D eigenvalue weighted by molar-refractivity contribution is 14.0. The fourth-order valence-electron chi connectivity index (χ4n) is 3.39. The summed E-state index contributed by atoms with van der Waals surface area (Å²) in [5.74, 6) is 0.976. The lowest BCUT2D eigenvalue weighted by Crippen LogP contribution is -2.40. The van der Waals surface area contributed by atoms with Crippen molar-refractivity contribution in [3.8, 4) is 0 Å². The molecule has 1 atom stereocenters. The van der Waals surface area contributed by atoms with E-state index in [0.29, 0.717) is 5.92 Å². The molecule has 1 unspecified atom stereocenters. The van der Waals surface area contributed by atoms with Crippen molar-refractivity contribution in [1.82, 2.24) is 25.4 Å². The van der Waals surface area contributed by atoms with E-state index in [9.17, 15) is 4.39 Å². The van der Waals surface area contributed by atoms with Crippen molar-refractivity contribution in [3.63, 3.8) is 0 Å². The summed E-state index contributed by atoms with van der Waals surface area (Å²) in [6.45, 7) is 8.72. The van der Waals surface area contributed by atoms with E-state index < -0.39 is 0 Å². The molecule has 6 nitrogen and oxygen atoms in total. The third-order valence-electron chi connectivity index (χ3n) is 4.85. The van der Waals surface area contributed by atoms with E-state index in [4.69, 9.17) is 0 Å². The normalized spacial score (nSPS) is 12.7. The SMILES string of the molecule is CN=C(NCCc1c[nH]c2cc(F)ccc12)NCC(C)Cn1nc(C)cc1C.I. The van der Waals surface area contributed by atoms with Crippen LogP contribution in [0.25, 0.3) is 10.9 Å². The molecule has 0 aliphatic heterocycles. The van der Waals surface area contributed by atoms with Crippen molar-refractivity contribution in [2.45, 2.75) is 33.7 Å². The predicted molar refractivity (Wildman–Crippen MR) is 128 cm³/mol. The standard InChI is InChI=1S/C21H29FN6.HI/c1-14(13-28-16(3)9-15(2)27-28)11-26-21(23-4)24-8-7-17-12-25-20-10-18(22)5-6-19(17)20;/h5-6,9-10,12,14,25H,7-8,11,13H2,1-4H3,(H2,23,24,26);1H. The molecule has 3 N–H and O–H groups in total. The van der Waals surface area contributed by atoms with Crippen LogP contribution >= 0.6 is 24.0 Å². The van der Waals surface area contributed by atoms with E-state index in [2.05, 4.69) is 50.3 Å². The molecular formula is C21H30FIN6. The predicted octanol–water partition coefficient (Wildman–Crippen LogP) is 3.78. The second-order valence-electron chi connectivity index (χ2n) is 7.35. The molecule has 0 saturated carbocycles. The molecule has 0 spiro atoms. The summed E-state index contributed by atoms with van der Waals surface area (Å²) in [7, 11) is 1.77. The minimum atomic E-state index is -0.224. The van der Waals surface area contributed by atoms with Crippen LogP contribution in [0.3, 0.4) is 0 Å². The number of fused-ring (bicyclic) bond motifs is 1. The van der Waals surface area contributed by atoms with Gasteiger partial charge in [-0.15, -0.1) is 24.0 Å². The second kappa shape index (κ2) is 10.6. The first-order valence-corrected chi connectivity index (χ1v) is 9.67. The molecule has 29 heavy (non-hydrogen) atoms. The second-order valence-corrected chi connectivity index (χ2v) is 7.35. The van der Waals surface area contributed by atoms with Crippen LogP contribution in [0.5, 0.6) is 0 Å². The molecule has 2 heterocycles. The zero-order valence-electron chi connectivity index (χ0n) is 17.4. The minimum absolute atomic E-state index is 0. The number of aromatic nitrogens is 3. The summed E-state index contributed by atoms with van der Waals surface area (Å²) in [4.78, 5) is 7.42. The Hall–Kier alpha value is -2.10. The monoisotopic (exact) mass is 512 g/mol. The van der Waals surface area contributed by atoms with Crippen LogP contribution in [0, 0.1) is 25.6 Å². The molecule has 2 aromatic heterocycles. The van der Waals surface area contributed by atoms with Gasteiger partial charge in [-0.1, -0.05) is 6.92 Å². The Morgan fingerprint density at radius 1 is 1.28 bits per heavy atom. The number of aromatic amines is 1. The van der Waals surface area contributed by atoms with E-state index in [1.54, 1.807) is 7.05 Å². The lowest BCUT2D eigenvalue weighted by Gasteiger charge is -2.17. The van der Waals surface area contributed by atoms with E-state index in [0.717, 1.165) is 54.2 Å². The summed E-state index contributed by atoms with van der Waals surface area (Å²) in [5.41, 5.74) is 4.23. The van der Waals surface area contributed by atoms with Crippen LogP contribution in [0.1, 0.15) is 23.9 Å². The molecule has 3 rings (SSSR count). The summed E-state index contributed by atoms with van der Waals surface area (Å²) in [6, 6.07) is 6.94. The number of halogens is 2. The summed E-state index contributed by atoms with van der Waals surface area (Å²) in [6.07, 6.45) is 2.77. The number of rotatable bonds is 7. The molecule has 0 aliphatic carbocycles. The molecule has 0 fully saturated rings. The topological polar surface area (TPSA) is 70.0 Å². The smallest absolute Gasteiger partial charge is 0.190 e. The molecule has 158 valence electrons. The van der Waals surface area contributed by atoms with Gasteiger partial charge in [0.05, 0.1) is 5.69 Å². The summed E-state index contributed by atoms with van der Waals surface area (Å²) >= 11 is 0. The number of nitrogens with one attached hydrogen (secondary N) is 3. The van der Waals surface area contributed by atoms with Gasteiger partial charge in [0.1, 0.15) is 5.82 Å². The van der Waals surface area contributed by atoms with Crippen LogP contribution in [-0.4, -0.2) is 40.9 Å². The van der Waals surface area contributed by atoms with E-state index in [-0.39, 0.29) is 29.8 Å². The molecule has 0 radical (unpaired) electrons. The number of aliphatic imine (C=N–C) groups is 1. The van der Waals surface area contributed by atoms with Gasteiger partial charge in [-0.05, 0) is 56.0 Å². The fourth-order valence-corrected chi connectivity index (χ4v) is 3.39. The van der Waals surface area contributed by atoms with Gasteiger partial charge in [-0.2, -0.15) is 5.10 Å². The molecule has 3 aromatic rings. The maximum atomic E-state index is 13.3. The maximum Gasteiger partial charge on any atom is 0.190 e. The van der Waals surface area contributed by atoms with E-state index in [1.165, 1.54) is 17.8 Å². The van der Waals surface area contributed by atoms with Crippen LogP contribution in [0.4, 0.5) is 4.39 Å². The summed E-state index contributed by atoms with van der Waals surface area (Å²) in [5, 5.41) is 12.3. The van der Waals surface area contributed by atoms with Gasteiger partial charge in [-0.3, -0.25) is 9.67 Å². The average molecular weight is 512 g/mol. The number of H-pyrrole nitrogens is 1. The van der Waals surface area contributed by atoms with Gasteiger partial charge in [0.15, 0.2) is 5.96 Å². The van der Waals surface area contributed by atoms with Gasteiger partial charge in [0.2, 0.25) is 0 Å². The zero-order chi connectivity index (χ0) is 20.1. The quantitative estimate of drug-likeness (QED) is 0.257. The Labute approximate surface area is 188 Å². The number of hydrogen-bond acceptors (Lipinski definition) is 2. The van der Waals surface area contributed by atoms with E-state index in [1.807, 2.05) is 19.2 Å². The Morgan fingerprint density at radius 2 is 2.07 bits per heavy atom. The third-order valence-corrected chi connectivity index (χ3v) is 4.85. The van der Waals surface area contributed by atoms with Gasteiger partial charge < -0.3 is 15.6 Å².